The first kappa shape index (κ1) is 16.0. The number of hydrogen-bond acceptors (Lipinski definition) is 4. The van der Waals surface area contributed by atoms with Gasteiger partial charge < -0.3 is 0 Å². The Morgan fingerprint density at radius 3 is 2.57 bits per heavy atom. The third-order valence-electron chi connectivity index (χ3n) is 3.00. The molecule has 0 atom stereocenters. The summed E-state index contributed by atoms with van der Waals surface area (Å²) in [6.07, 6.45) is 0. The van der Waals surface area contributed by atoms with Gasteiger partial charge in [-0.25, -0.2) is 13.1 Å². The standard InChI is InChI=1S/C14H13ClN2O2S2/c1-9-5-12(20-10(9)2)8-17-21(18,19)14-4-3-11(7-16)6-13(14)15/h3-6,17H,8H2,1-2H3. The summed E-state index contributed by atoms with van der Waals surface area (Å²) in [4.78, 5) is 2.09. The maximum atomic E-state index is 12.2. The summed E-state index contributed by atoms with van der Waals surface area (Å²) >= 11 is 7.49. The first-order valence-corrected chi connectivity index (χ1v) is 8.76. The maximum Gasteiger partial charge on any atom is 0.242 e. The molecule has 7 heteroatoms. The Labute approximate surface area is 133 Å². The minimum atomic E-state index is -3.70. The van der Waals surface area contributed by atoms with Crippen LogP contribution in [0.5, 0.6) is 0 Å². The van der Waals surface area contributed by atoms with Crippen LogP contribution in [-0.2, 0) is 16.6 Å². The van der Waals surface area contributed by atoms with E-state index in [-0.39, 0.29) is 16.5 Å². The van der Waals surface area contributed by atoms with E-state index in [1.54, 1.807) is 11.3 Å². The van der Waals surface area contributed by atoms with Crippen LogP contribution in [0.25, 0.3) is 0 Å². The molecule has 0 spiro atoms. The zero-order valence-corrected chi connectivity index (χ0v) is 13.9. The predicted molar refractivity (Wildman–Crippen MR) is 84.0 cm³/mol. The van der Waals surface area contributed by atoms with Gasteiger partial charge in [-0.05, 0) is 43.7 Å². The molecule has 1 aromatic heterocycles. The third kappa shape index (κ3) is 3.63. The number of sulfonamides is 1. The largest absolute Gasteiger partial charge is 0.242 e. The highest BCUT2D eigenvalue weighted by Gasteiger charge is 2.18. The average molecular weight is 341 g/mol. The van der Waals surface area contributed by atoms with E-state index in [9.17, 15) is 8.42 Å². The van der Waals surface area contributed by atoms with E-state index >= 15 is 0 Å². The van der Waals surface area contributed by atoms with Gasteiger partial charge in [0.25, 0.3) is 0 Å². The molecule has 110 valence electrons. The summed E-state index contributed by atoms with van der Waals surface area (Å²) in [5.41, 5.74) is 1.47. The summed E-state index contributed by atoms with van der Waals surface area (Å²) in [6, 6.07) is 7.99. The fraction of sp³-hybridized carbons (Fsp3) is 0.214. The van der Waals surface area contributed by atoms with Gasteiger partial charge in [0.15, 0.2) is 0 Å². The lowest BCUT2D eigenvalue weighted by atomic mass is 10.2. The molecule has 0 saturated heterocycles. The normalized spacial score (nSPS) is 11.3. The molecule has 0 amide bonds. The van der Waals surface area contributed by atoms with Gasteiger partial charge in [0.1, 0.15) is 4.90 Å². The number of thiophene rings is 1. The van der Waals surface area contributed by atoms with Crippen molar-refractivity contribution in [3.63, 3.8) is 0 Å². The van der Waals surface area contributed by atoms with E-state index in [1.807, 2.05) is 26.0 Å². The number of nitrogens with zero attached hydrogens (tertiary/aromatic N) is 1. The lowest BCUT2D eigenvalue weighted by molar-refractivity contribution is 0.582. The highest BCUT2D eigenvalue weighted by atomic mass is 35.5. The lowest BCUT2D eigenvalue weighted by Crippen LogP contribution is -2.23. The molecule has 0 aliphatic heterocycles. The summed E-state index contributed by atoms with van der Waals surface area (Å²) < 4.78 is 27.0. The number of nitrogens with one attached hydrogen (secondary N) is 1. The van der Waals surface area contributed by atoms with Crippen LogP contribution < -0.4 is 4.72 Å². The summed E-state index contributed by atoms with van der Waals surface area (Å²) in [6.45, 7) is 4.20. The molecule has 2 rings (SSSR count). The van der Waals surface area contributed by atoms with Gasteiger partial charge >= 0.3 is 0 Å². The molecule has 1 aromatic carbocycles. The van der Waals surface area contributed by atoms with Gasteiger partial charge in [0, 0.05) is 16.3 Å². The van der Waals surface area contributed by atoms with Crippen molar-refractivity contribution in [2.75, 3.05) is 0 Å². The Balaban J connectivity index is 2.21. The van der Waals surface area contributed by atoms with Crippen molar-refractivity contribution >= 4 is 33.0 Å². The Hall–Kier alpha value is -1.39. The van der Waals surface area contributed by atoms with Crippen LogP contribution >= 0.6 is 22.9 Å². The monoisotopic (exact) mass is 340 g/mol. The Morgan fingerprint density at radius 1 is 1.33 bits per heavy atom. The minimum absolute atomic E-state index is 0.0202. The summed E-state index contributed by atoms with van der Waals surface area (Å²) in [5, 5.41) is 8.81. The minimum Gasteiger partial charge on any atom is -0.207 e. The Morgan fingerprint density at radius 2 is 2.05 bits per heavy atom. The Kier molecular flexibility index (Phi) is 4.69. The van der Waals surface area contributed by atoms with E-state index in [1.165, 1.54) is 23.1 Å². The van der Waals surface area contributed by atoms with Crippen molar-refractivity contribution < 1.29 is 8.42 Å². The van der Waals surface area contributed by atoms with Crippen molar-refractivity contribution in [3.05, 3.63) is 50.2 Å². The number of halogens is 1. The average Bonchev–Trinajstić information content (AvgIpc) is 2.75. The van der Waals surface area contributed by atoms with Gasteiger partial charge in [-0.2, -0.15) is 5.26 Å². The number of aryl methyl sites for hydroxylation is 2. The van der Waals surface area contributed by atoms with E-state index in [4.69, 9.17) is 16.9 Å². The van der Waals surface area contributed by atoms with Crippen LogP contribution in [0.15, 0.2) is 29.2 Å². The number of hydrogen-bond donors (Lipinski definition) is 1. The molecule has 0 aliphatic rings. The van der Waals surface area contributed by atoms with E-state index in [2.05, 4.69) is 4.72 Å². The Bertz CT molecular complexity index is 800. The molecule has 4 nitrogen and oxygen atoms in total. The van der Waals surface area contributed by atoms with Crippen LogP contribution in [0.2, 0.25) is 5.02 Å². The van der Waals surface area contributed by atoms with Crippen molar-refractivity contribution in [3.8, 4) is 6.07 Å². The van der Waals surface area contributed by atoms with Crippen LogP contribution in [-0.4, -0.2) is 8.42 Å². The quantitative estimate of drug-likeness (QED) is 0.927. The molecule has 21 heavy (non-hydrogen) atoms. The smallest absolute Gasteiger partial charge is 0.207 e. The van der Waals surface area contributed by atoms with Crippen molar-refractivity contribution in [2.45, 2.75) is 25.3 Å². The van der Waals surface area contributed by atoms with Gasteiger partial charge in [-0.1, -0.05) is 11.6 Å². The predicted octanol–water partition coefficient (Wildman–Crippen LogP) is 3.37. The second-order valence-electron chi connectivity index (χ2n) is 4.53. The highest BCUT2D eigenvalue weighted by Crippen LogP contribution is 2.24. The highest BCUT2D eigenvalue weighted by molar-refractivity contribution is 7.89. The second-order valence-corrected chi connectivity index (χ2v) is 8.02. The zero-order valence-electron chi connectivity index (χ0n) is 11.5. The number of nitriles is 1. The zero-order chi connectivity index (χ0) is 15.6. The third-order valence-corrected chi connectivity index (χ3v) is 6.04. The molecule has 0 unspecified atom stereocenters. The van der Waals surface area contributed by atoms with Gasteiger partial charge in [0.05, 0.1) is 16.7 Å². The summed E-state index contributed by atoms with van der Waals surface area (Å²) in [5.74, 6) is 0. The molecular formula is C14H13ClN2O2S2. The molecule has 0 aliphatic carbocycles. The van der Waals surface area contributed by atoms with Crippen molar-refractivity contribution in [1.82, 2.24) is 4.72 Å². The molecule has 0 fully saturated rings. The summed E-state index contributed by atoms with van der Waals surface area (Å²) in [7, 11) is -3.70. The van der Waals surface area contributed by atoms with Crippen molar-refractivity contribution in [2.24, 2.45) is 0 Å². The van der Waals surface area contributed by atoms with Crippen LogP contribution in [0.4, 0.5) is 0 Å². The van der Waals surface area contributed by atoms with E-state index < -0.39 is 10.0 Å². The molecule has 0 bridgehead atoms. The lowest BCUT2D eigenvalue weighted by Gasteiger charge is -2.07. The van der Waals surface area contributed by atoms with Gasteiger partial charge in [0.2, 0.25) is 10.0 Å². The van der Waals surface area contributed by atoms with E-state index in [0.29, 0.717) is 5.56 Å². The number of rotatable bonds is 4. The van der Waals surface area contributed by atoms with Crippen LogP contribution in [0.1, 0.15) is 20.9 Å². The molecule has 1 N–H and O–H groups in total. The molecule has 0 saturated carbocycles. The van der Waals surface area contributed by atoms with Gasteiger partial charge in [-0.3, -0.25) is 0 Å². The van der Waals surface area contributed by atoms with Crippen molar-refractivity contribution in [1.29, 1.82) is 5.26 Å². The first-order chi connectivity index (χ1) is 9.83. The molecule has 2 aromatic rings. The SMILES string of the molecule is Cc1cc(CNS(=O)(=O)c2ccc(C#N)cc2Cl)sc1C. The first-order valence-electron chi connectivity index (χ1n) is 6.08. The fourth-order valence-corrected chi connectivity index (χ4v) is 4.40. The maximum absolute atomic E-state index is 12.2. The van der Waals surface area contributed by atoms with E-state index in [0.717, 1.165) is 10.4 Å². The topological polar surface area (TPSA) is 70.0 Å². The molecular weight excluding hydrogens is 328 g/mol. The van der Waals surface area contributed by atoms with Crippen LogP contribution in [0.3, 0.4) is 0 Å². The number of benzene rings is 1. The fourth-order valence-electron chi connectivity index (χ4n) is 1.77. The van der Waals surface area contributed by atoms with Gasteiger partial charge in [-0.15, -0.1) is 11.3 Å². The second kappa shape index (κ2) is 6.16. The molecule has 0 radical (unpaired) electrons. The van der Waals surface area contributed by atoms with Crippen LogP contribution in [0, 0.1) is 25.2 Å². The molecule has 1 heterocycles.